The number of thioether (sulfide) groups is 1. The molecule has 5 rings (SSSR count). The number of ether oxygens (including phenoxy) is 1. The van der Waals surface area contributed by atoms with Crippen LogP contribution in [-0.2, 0) is 9.53 Å². The maximum atomic E-state index is 14.6. The summed E-state index contributed by atoms with van der Waals surface area (Å²) in [6.07, 6.45) is 1.97. The van der Waals surface area contributed by atoms with Crippen molar-refractivity contribution in [3.63, 3.8) is 0 Å². The lowest BCUT2D eigenvalue weighted by molar-refractivity contribution is -0.119. The summed E-state index contributed by atoms with van der Waals surface area (Å²) in [4.78, 5) is 33.6. The zero-order valence-electron chi connectivity index (χ0n) is 17.1. The Morgan fingerprint density at radius 3 is 2.88 bits per heavy atom. The van der Waals surface area contributed by atoms with Crippen molar-refractivity contribution in [2.45, 2.75) is 24.1 Å². The number of fused-ring (bicyclic) bond motifs is 3. The van der Waals surface area contributed by atoms with Gasteiger partial charge in [-0.1, -0.05) is 42.1 Å². The molecule has 0 bridgehead atoms. The van der Waals surface area contributed by atoms with Crippen molar-refractivity contribution < 1.29 is 13.9 Å². The lowest BCUT2D eigenvalue weighted by atomic mass is 10.2. The van der Waals surface area contributed by atoms with Gasteiger partial charge in [0.25, 0.3) is 5.56 Å². The number of H-pyrrole nitrogens is 1. The number of nitrogens with zero attached hydrogens (tertiary/aromatic N) is 2. The molecule has 1 amide bonds. The van der Waals surface area contributed by atoms with Gasteiger partial charge in [0.15, 0.2) is 5.16 Å². The van der Waals surface area contributed by atoms with Crippen molar-refractivity contribution in [3.05, 3.63) is 64.7 Å². The highest BCUT2D eigenvalue weighted by atomic mass is 32.2. The number of halogens is 1. The van der Waals surface area contributed by atoms with E-state index in [-0.39, 0.29) is 28.6 Å². The van der Waals surface area contributed by atoms with E-state index >= 15 is 0 Å². The predicted molar refractivity (Wildman–Crippen MR) is 122 cm³/mol. The van der Waals surface area contributed by atoms with E-state index in [9.17, 15) is 14.0 Å². The van der Waals surface area contributed by atoms with Crippen molar-refractivity contribution in [2.75, 3.05) is 18.9 Å². The second-order valence-electron chi connectivity index (χ2n) is 7.61. The van der Waals surface area contributed by atoms with E-state index < -0.39 is 11.4 Å². The second-order valence-corrected chi connectivity index (χ2v) is 8.55. The third-order valence-corrected chi connectivity index (χ3v) is 6.41. The van der Waals surface area contributed by atoms with Gasteiger partial charge in [-0.3, -0.25) is 14.2 Å². The number of aromatic amines is 1. The maximum Gasteiger partial charge on any atom is 0.283 e. The number of carbonyl (C=O) groups is 1. The van der Waals surface area contributed by atoms with Crippen molar-refractivity contribution in [3.8, 4) is 5.69 Å². The van der Waals surface area contributed by atoms with E-state index in [0.717, 1.165) is 42.1 Å². The van der Waals surface area contributed by atoms with E-state index in [1.165, 1.54) is 16.7 Å². The smallest absolute Gasteiger partial charge is 0.283 e. The lowest BCUT2D eigenvalue weighted by Crippen LogP contribution is -2.33. The summed E-state index contributed by atoms with van der Waals surface area (Å²) in [5.41, 5.74) is 1.23. The number of carbonyl (C=O) groups excluding carboxylic acids is 1. The molecule has 2 aromatic heterocycles. The summed E-state index contributed by atoms with van der Waals surface area (Å²) in [5, 5.41) is 3.91. The van der Waals surface area contributed by atoms with Gasteiger partial charge < -0.3 is 15.0 Å². The van der Waals surface area contributed by atoms with Crippen LogP contribution in [0.2, 0.25) is 0 Å². The SMILES string of the molecule is O=C(CSc1nc2c([nH]c3ccccc32)c(=O)n1-c1ccccc1F)NC[C@@H]1CCCO1. The standard InChI is InChI=1S/C23H21FN4O3S/c24-16-8-2-4-10-18(16)28-22(30)21-20(15-7-1-3-9-17(15)26-21)27-23(28)32-13-19(29)25-12-14-6-5-11-31-14/h1-4,7-10,14,26H,5-6,11-13H2,(H,25,29)/t14-/m0/s1. The summed E-state index contributed by atoms with van der Waals surface area (Å²) >= 11 is 1.10. The maximum absolute atomic E-state index is 14.6. The number of amides is 1. The molecule has 0 radical (unpaired) electrons. The fraction of sp³-hybridized carbons (Fsp3) is 0.261. The minimum absolute atomic E-state index is 0.0428. The quantitative estimate of drug-likeness (QED) is 0.346. The minimum Gasteiger partial charge on any atom is -0.376 e. The Morgan fingerprint density at radius 2 is 2.06 bits per heavy atom. The molecule has 164 valence electrons. The third kappa shape index (κ3) is 3.89. The Kier molecular flexibility index (Phi) is 5.67. The average molecular weight is 453 g/mol. The van der Waals surface area contributed by atoms with Crippen LogP contribution in [0, 0.1) is 5.82 Å². The zero-order chi connectivity index (χ0) is 22.1. The molecule has 4 aromatic rings. The molecule has 0 spiro atoms. The van der Waals surface area contributed by atoms with E-state index in [0.29, 0.717) is 17.6 Å². The molecule has 0 aliphatic carbocycles. The number of hydrogen-bond donors (Lipinski definition) is 2. The van der Waals surface area contributed by atoms with Crippen LogP contribution < -0.4 is 10.9 Å². The normalized spacial score (nSPS) is 16.1. The first kappa shape index (κ1) is 20.7. The zero-order valence-corrected chi connectivity index (χ0v) is 18.0. The molecular formula is C23H21FN4O3S. The lowest BCUT2D eigenvalue weighted by Gasteiger charge is -2.13. The van der Waals surface area contributed by atoms with Crippen molar-refractivity contribution in [1.29, 1.82) is 0 Å². The molecule has 2 N–H and O–H groups in total. The Morgan fingerprint density at radius 1 is 1.25 bits per heavy atom. The van der Waals surface area contributed by atoms with Crippen LogP contribution in [0.4, 0.5) is 4.39 Å². The van der Waals surface area contributed by atoms with Crippen LogP contribution in [0.3, 0.4) is 0 Å². The first-order chi connectivity index (χ1) is 15.6. The third-order valence-electron chi connectivity index (χ3n) is 5.47. The van der Waals surface area contributed by atoms with E-state index in [4.69, 9.17) is 4.74 Å². The van der Waals surface area contributed by atoms with Gasteiger partial charge in [-0.25, -0.2) is 9.37 Å². The van der Waals surface area contributed by atoms with Crippen LogP contribution in [0.25, 0.3) is 27.6 Å². The monoisotopic (exact) mass is 452 g/mol. The number of nitrogens with one attached hydrogen (secondary N) is 2. The number of hydrogen-bond acceptors (Lipinski definition) is 5. The largest absolute Gasteiger partial charge is 0.376 e. The number of para-hydroxylation sites is 2. The fourth-order valence-electron chi connectivity index (χ4n) is 3.90. The number of rotatable bonds is 6. The highest BCUT2D eigenvalue weighted by Crippen LogP contribution is 2.27. The highest BCUT2D eigenvalue weighted by Gasteiger charge is 2.20. The first-order valence-corrected chi connectivity index (χ1v) is 11.4. The van der Waals surface area contributed by atoms with Gasteiger partial charge in [0.2, 0.25) is 5.91 Å². The number of benzene rings is 2. The molecule has 1 atom stereocenters. The van der Waals surface area contributed by atoms with Crippen LogP contribution in [0.5, 0.6) is 0 Å². The molecule has 7 nitrogen and oxygen atoms in total. The molecule has 1 aliphatic heterocycles. The topological polar surface area (TPSA) is 89.0 Å². The summed E-state index contributed by atoms with van der Waals surface area (Å²) in [7, 11) is 0. The van der Waals surface area contributed by atoms with Gasteiger partial charge in [-0.15, -0.1) is 0 Å². The molecule has 3 heterocycles. The highest BCUT2D eigenvalue weighted by molar-refractivity contribution is 7.99. The van der Waals surface area contributed by atoms with Crippen LogP contribution in [-0.4, -0.2) is 45.5 Å². The molecular weight excluding hydrogens is 431 g/mol. The Hall–Kier alpha value is -3.17. The van der Waals surface area contributed by atoms with Gasteiger partial charge >= 0.3 is 0 Å². The summed E-state index contributed by atoms with van der Waals surface area (Å²) in [6, 6.07) is 13.5. The summed E-state index contributed by atoms with van der Waals surface area (Å²) in [6.45, 7) is 1.17. The molecule has 0 saturated carbocycles. The molecule has 1 saturated heterocycles. The van der Waals surface area contributed by atoms with Crippen LogP contribution in [0.1, 0.15) is 12.8 Å². The van der Waals surface area contributed by atoms with Crippen LogP contribution >= 0.6 is 11.8 Å². The van der Waals surface area contributed by atoms with Crippen molar-refractivity contribution >= 4 is 39.6 Å². The first-order valence-electron chi connectivity index (χ1n) is 10.4. The van der Waals surface area contributed by atoms with Crippen molar-refractivity contribution in [2.24, 2.45) is 0 Å². The van der Waals surface area contributed by atoms with E-state index in [1.807, 2.05) is 24.3 Å². The molecule has 1 fully saturated rings. The Labute approximate surface area is 187 Å². The van der Waals surface area contributed by atoms with Gasteiger partial charge in [0.05, 0.1) is 17.5 Å². The Bertz CT molecular complexity index is 1360. The Balaban J connectivity index is 1.52. The molecule has 2 aromatic carbocycles. The fourth-order valence-corrected chi connectivity index (χ4v) is 4.73. The van der Waals surface area contributed by atoms with Gasteiger partial charge in [-0.2, -0.15) is 0 Å². The van der Waals surface area contributed by atoms with Gasteiger partial charge in [-0.05, 0) is 31.0 Å². The van der Waals surface area contributed by atoms with Crippen LogP contribution in [0.15, 0.2) is 58.5 Å². The summed E-state index contributed by atoms with van der Waals surface area (Å²) < 4.78 is 21.4. The number of aromatic nitrogens is 3. The van der Waals surface area contributed by atoms with Gasteiger partial charge in [0, 0.05) is 24.1 Å². The molecule has 32 heavy (non-hydrogen) atoms. The second kappa shape index (κ2) is 8.76. The van der Waals surface area contributed by atoms with E-state index in [2.05, 4.69) is 15.3 Å². The van der Waals surface area contributed by atoms with Gasteiger partial charge in [0.1, 0.15) is 16.9 Å². The summed E-state index contributed by atoms with van der Waals surface area (Å²) in [5.74, 6) is -0.697. The van der Waals surface area contributed by atoms with Crippen molar-refractivity contribution in [1.82, 2.24) is 19.9 Å². The molecule has 1 aliphatic rings. The minimum atomic E-state index is -0.545. The van der Waals surface area contributed by atoms with E-state index in [1.54, 1.807) is 12.1 Å². The molecule has 9 heteroatoms. The predicted octanol–water partition coefficient (Wildman–Crippen LogP) is 3.39. The molecule has 0 unspecified atom stereocenters. The average Bonchev–Trinajstić information content (AvgIpc) is 3.45.